The minimum Gasteiger partial charge on any atom is -0.491 e. The number of carbonyl (C=O) groups is 2. The largest absolute Gasteiger partial charge is 0.491 e. The fraction of sp³-hybridized carbons (Fsp3) is 0.429. The first-order valence-corrected chi connectivity index (χ1v) is 8.48. The van der Waals surface area contributed by atoms with Crippen LogP contribution in [0.2, 0.25) is 0 Å². The number of hydrogen-bond donors (Lipinski definition) is 2. The van der Waals surface area contributed by atoms with Crippen molar-refractivity contribution < 1.29 is 27.5 Å². The van der Waals surface area contributed by atoms with E-state index in [1.54, 1.807) is 12.1 Å². The zero-order valence-corrected chi connectivity index (χ0v) is 14.0. The maximum Gasteiger partial charge on any atom is 0.325 e. The van der Waals surface area contributed by atoms with Gasteiger partial charge in [-0.05, 0) is 38.1 Å². The summed E-state index contributed by atoms with van der Waals surface area (Å²) in [5, 5.41) is 2.15. The van der Waals surface area contributed by atoms with Crippen molar-refractivity contribution in [3.63, 3.8) is 0 Å². The summed E-state index contributed by atoms with van der Waals surface area (Å²) in [5.41, 5.74) is 0.307. The predicted molar refractivity (Wildman–Crippen MR) is 84.6 cm³/mol. The molecule has 0 aliphatic heterocycles. The Hall–Kier alpha value is -2.29. The SMILES string of the molecule is COC(=O)CNC(=O)CS(=O)(=O)Nc1ccc(OC(C)C)cc1. The van der Waals surface area contributed by atoms with Gasteiger partial charge in [-0.15, -0.1) is 0 Å². The van der Waals surface area contributed by atoms with E-state index in [4.69, 9.17) is 4.74 Å². The van der Waals surface area contributed by atoms with E-state index in [0.717, 1.165) is 0 Å². The van der Waals surface area contributed by atoms with Crippen LogP contribution in [0.25, 0.3) is 0 Å². The Bertz CT molecular complexity index is 640. The number of nitrogens with one attached hydrogen (secondary N) is 2. The van der Waals surface area contributed by atoms with Gasteiger partial charge in [-0.2, -0.15) is 0 Å². The Labute approximate surface area is 135 Å². The summed E-state index contributed by atoms with van der Waals surface area (Å²) in [6.07, 6.45) is 0.0102. The molecular formula is C14H20N2O6S. The highest BCUT2D eigenvalue weighted by atomic mass is 32.2. The fourth-order valence-electron chi connectivity index (χ4n) is 1.56. The van der Waals surface area contributed by atoms with Crippen LogP contribution in [0.1, 0.15) is 13.8 Å². The number of rotatable bonds is 8. The van der Waals surface area contributed by atoms with E-state index < -0.39 is 27.7 Å². The Morgan fingerprint density at radius 2 is 1.78 bits per heavy atom. The van der Waals surface area contributed by atoms with Gasteiger partial charge in [0.25, 0.3) is 0 Å². The van der Waals surface area contributed by atoms with Crippen molar-refractivity contribution in [3.8, 4) is 5.75 Å². The molecule has 1 amide bonds. The Morgan fingerprint density at radius 3 is 2.30 bits per heavy atom. The lowest BCUT2D eigenvalue weighted by Crippen LogP contribution is -2.36. The van der Waals surface area contributed by atoms with E-state index in [1.165, 1.54) is 19.2 Å². The van der Waals surface area contributed by atoms with Gasteiger partial charge in [0.1, 0.15) is 18.0 Å². The first-order chi connectivity index (χ1) is 10.7. The van der Waals surface area contributed by atoms with Crippen molar-refractivity contribution in [2.24, 2.45) is 0 Å². The van der Waals surface area contributed by atoms with Crippen molar-refractivity contribution in [1.29, 1.82) is 0 Å². The Balaban J connectivity index is 2.57. The van der Waals surface area contributed by atoms with Gasteiger partial charge >= 0.3 is 5.97 Å². The van der Waals surface area contributed by atoms with Gasteiger partial charge in [0.15, 0.2) is 0 Å². The molecule has 1 aromatic carbocycles. The quantitative estimate of drug-likeness (QED) is 0.665. The van der Waals surface area contributed by atoms with Crippen LogP contribution >= 0.6 is 0 Å². The number of ether oxygens (including phenoxy) is 2. The lowest BCUT2D eigenvalue weighted by atomic mass is 10.3. The minimum atomic E-state index is -3.88. The van der Waals surface area contributed by atoms with E-state index in [1.807, 2.05) is 13.8 Å². The molecule has 0 atom stereocenters. The van der Waals surface area contributed by atoms with Gasteiger partial charge in [0.2, 0.25) is 15.9 Å². The van der Waals surface area contributed by atoms with E-state index in [0.29, 0.717) is 11.4 Å². The van der Waals surface area contributed by atoms with Crippen LogP contribution in [-0.4, -0.2) is 45.8 Å². The molecule has 0 fully saturated rings. The predicted octanol–water partition coefficient (Wildman–Crippen LogP) is 0.505. The van der Waals surface area contributed by atoms with Crippen LogP contribution in [0, 0.1) is 0 Å². The first-order valence-electron chi connectivity index (χ1n) is 6.82. The summed E-state index contributed by atoms with van der Waals surface area (Å²) < 4.78 is 35.8. The van der Waals surface area contributed by atoms with E-state index in [9.17, 15) is 18.0 Å². The van der Waals surface area contributed by atoms with Crippen LogP contribution < -0.4 is 14.8 Å². The summed E-state index contributed by atoms with van der Waals surface area (Å²) in [5.74, 6) is -1.65. The molecule has 2 N–H and O–H groups in total. The van der Waals surface area contributed by atoms with Gasteiger partial charge in [-0.1, -0.05) is 0 Å². The maximum atomic E-state index is 11.9. The van der Waals surface area contributed by atoms with Gasteiger partial charge in [0.05, 0.1) is 13.2 Å². The van der Waals surface area contributed by atoms with Crippen LogP contribution in [-0.2, 0) is 24.3 Å². The van der Waals surface area contributed by atoms with Crippen LogP contribution in [0.15, 0.2) is 24.3 Å². The summed E-state index contributed by atoms with van der Waals surface area (Å²) >= 11 is 0. The zero-order valence-electron chi connectivity index (χ0n) is 13.2. The molecular weight excluding hydrogens is 324 g/mol. The third kappa shape index (κ3) is 7.50. The second kappa shape index (κ2) is 8.37. The Morgan fingerprint density at radius 1 is 1.17 bits per heavy atom. The number of anilines is 1. The highest BCUT2D eigenvalue weighted by Gasteiger charge is 2.17. The lowest BCUT2D eigenvalue weighted by molar-refractivity contribution is -0.140. The molecule has 0 radical (unpaired) electrons. The zero-order chi connectivity index (χ0) is 17.5. The molecule has 0 spiro atoms. The number of esters is 1. The molecule has 8 nitrogen and oxygen atoms in total. The Kier molecular flexibility index (Phi) is 6.83. The van der Waals surface area contributed by atoms with Crippen molar-refractivity contribution >= 4 is 27.6 Å². The van der Waals surface area contributed by atoms with Crippen LogP contribution in [0.4, 0.5) is 5.69 Å². The number of amides is 1. The third-order valence-electron chi connectivity index (χ3n) is 2.48. The van der Waals surface area contributed by atoms with Gasteiger partial charge < -0.3 is 14.8 Å². The standard InChI is InChI=1S/C14H20N2O6S/c1-10(2)22-12-6-4-11(5-7-12)16-23(19,20)9-13(17)15-8-14(18)21-3/h4-7,10,16H,8-9H2,1-3H3,(H,15,17). The summed E-state index contributed by atoms with van der Waals surface area (Å²) in [4.78, 5) is 22.4. The van der Waals surface area contributed by atoms with E-state index >= 15 is 0 Å². The lowest BCUT2D eigenvalue weighted by Gasteiger charge is -2.11. The van der Waals surface area contributed by atoms with Crippen LogP contribution in [0.3, 0.4) is 0 Å². The van der Waals surface area contributed by atoms with Gasteiger partial charge in [0, 0.05) is 5.69 Å². The molecule has 0 saturated heterocycles. The molecule has 1 rings (SSSR count). The van der Waals surface area contributed by atoms with Crippen LogP contribution in [0.5, 0.6) is 5.75 Å². The first kappa shape index (κ1) is 18.8. The average Bonchev–Trinajstić information content (AvgIpc) is 2.45. The number of sulfonamides is 1. The molecule has 0 heterocycles. The average molecular weight is 344 g/mol. The van der Waals surface area contributed by atoms with E-state index in [2.05, 4.69) is 14.8 Å². The van der Waals surface area contributed by atoms with Crippen molar-refractivity contribution in [2.45, 2.75) is 20.0 Å². The summed E-state index contributed by atoms with van der Waals surface area (Å²) in [7, 11) is -2.71. The molecule has 0 saturated carbocycles. The summed E-state index contributed by atoms with van der Waals surface area (Å²) in [6.45, 7) is 3.37. The number of methoxy groups -OCH3 is 1. The second-order valence-electron chi connectivity index (χ2n) is 4.90. The third-order valence-corrected chi connectivity index (χ3v) is 3.67. The molecule has 0 aliphatic rings. The summed E-state index contributed by atoms with van der Waals surface area (Å²) in [6, 6.07) is 6.30. The normalized spacial score (nSPS) is 11.0. The highest BCUT2D eigenvalue weighted by molar-refractivity contribution is 7.93. The minimum absolute atomic E-state index is 0.0102. The molecule has 128 valence electrons. The monoisotopic (exact) mass is 344 g/mol. The highest BCUT2D eigenvalue weighted by Crippen LogP contribution is 2.17. The van der Waals surface area contributed by atoms with E-state index in [-0.39, 0.29) is 12.6 Å². The molecule has 0 aromatic heterocycles. The smallest absolute Gasteiger partial charge is 0.325 e. The second-order valence-corrected chi connectivity index (χ2v) is 6.63. The number of carbonyl (C=O) groups excluding carboxylic acids is 2. The van der Waals surface area contributed by atoms with Gasteiger partial charge in [-0.25, -0.2) is 8.42 Å². The van der Waals surface area contributed by atoms with Crippen molar-refractivity contribution in [1.82, 2.24) is 5.32 Å². The molecule has 0 bridgehead atoms. The molecule has 23 heavy (non-hydrogen) atoms. The topological polar surface area (TPSA) is 111 Å². The number of benzene rings is 1. The maximum absolute atomic E-state index is 11.9. The van der Waals surface area contributed by atoms with Crippen molar-refractivity contribution in [3.05, 3.63) is 24.3 Å². The van der Waals surface area contributed by atoms with Gasteiger partial charge in [-0.3, -0.25) is 14.3 Å². The molecule has 9 heteroatoms. The van der Waals surface area contributed by atoms with Crippen molar-refractivity contribution in [2.75, 3.05) is 24.1 Å². The molecule has 1 aromatic rings. The molecule has 0 aliphatic carbocycles. The number of hydrogen-bond acceptors (Lipinski definition) is 6. The molecule has 0 unspecified atom stereocenters. The fourth-order valence-corrected chi connectivity index (χ4v) is 2.57.